The molecule has 4 heterocycles. The molecule has 1 N–H and O–H groups in total. The number of piperidine rings is 1. The van der Waals surface area contributed by atoms with Crippen LogP contribution >= 0.6 is 0 Å². The van der Waals surface area contributed by atoms with Crippen LogP contribution in [0.1, 0.15) is 55.1 Å². The highest BCUT2D eigenvalue weighted by atomic mass is 19.4. The Bertz CT molecular complexity index is 1330. The van der Waals surface area contributed by atoms with Crippen molar-refractivity contribution in [1.82, 2.24) is 24.3 Å². The number of hydrogen-bond acceptors (Lipinski definition) is 6. The molecule has 212 valence electrons. The number of hydrogen-bond donors (Lipinski definition) is 1. The molecule has 2 saturated heterocycles. The molecule has 1 aliphatic carbocycles. The Balaban J connectivity index is 1.33. The number of rotatable bonds is 7. The monoisotopic (exact) mass is 555 g/mol. The summed E-state index contributed by atoms with van der Waals surface area (Å²) in [6.45, 7) is 2.37. The third-order valence-corrected chi connectivity index (χ3v) is 8.16. The first-order chi connectivity index (χ1) is 19.3. The van der Waals surface area contributed by atoms with E-state index >= 15 is 0 Å². The predicted octanol–water partition coefficient (Wildman–Crippen LogP) is 4.91. The Hall–Kier alpha value is -3.44. The largest absolute Gasteiger partial charge is 0.573 e. The predicted molar refractivity (Wildman–Crippen MR) is 142 cm³/mol. The summed E-state index contributed by atoms with van der Waals surface area (Å²) in [6.07, 6.45) is 4.13. The van der Waals surface area contributed by atoms with Crippen LogP contribution in [0.2, 0.25) is 0 Å². The third kappa shape index (κ3) is 5.44. The number of halogens is 3. The van der Waals surface area contributed by atoms with Crippen molar-refractivity contribution in [3.63, 3.8) is 0 Å². The average molecular weight is 556 g/mol. The van der Waals surface area contributed by atoms with Crippen molar-refractivity contribution in [3.05, 3.63) is 54.5 Å². The number of alkyl halides is 3. The van der Waals surface area contributed by atoms with Crippen molar-refractivity contribution in [3.8, 4) is 28.4 Å². The smallest absolute Gasteiger partial charge is 0.406 e. The Kier molecular flexibility index (Phi) is 7.26. The van der Waals surface area contributed by atoms with Crippen LogP contribution in [0.25, 0.3) is 22.6 Å². The molecular formula is C29H32F3N5O3. The summed E-state index contributed by atoms with van der Waals surface area (Å²) in [7, 11) is 0. The molecule has 0 radical (unpaired) electrons. The van der Waals surface area contributed by atoms with Crippen LogP contribution in [0.3, 0.4) is 0 Å². The second kappa shape index (κ2) is 10.9. The molecule has 11 heteroatoms. The van der Waals surface area contributed by atoms with Crippen LogP contribution in [-0.2, 0) is 0 Å². The van der Waals surface area contributed by atoms with Crippen LogP contribution in [-0.4, -0.2) is 80.0 Å². The maximum atomic E-state index is 14.2. The molecular weight excluding hydrogens is 523 g/mol. The maximum Gasteiger partial charge on any atom is 0.573 e. The molecule has 3 fully saturated rings. The van der Waals surface area contributed by atoms with E-state index in [1.807, 2.05) is 15.5 Å². The van der Waals surface area contributed by atoms with Gasteiger partial charge in [0.25, 0.3) is 5.91 Å². The van der Waals surface area contributed by atoms with Crippen molar-refractivity contribution in [2.24, 2.45) is 0 Å². The Morgan fingerprint density at radius 1 is 0.975 bits per heavy atom. The van der Waals surface area contributed by atoms with Gasteiger partial charge < -0.3 is 19.3 Å². The lowest BCUT2D eigenvalue weighted by Gasteiger charge is -2.39. The van der Waals surface area contributed by atoms with E-state index in [0.29, 0.717) is 47.5 Å². The van der Waals surface area contributed by atoms with Crippen LogP contribution in [0, 0.1) is 0 Å². The number of nitrogens with zero attached hydrogens (tertiary/aromatic N) is 5. The molecule has 1 saturated carbocycles. The van der Waals surface area contributed by atoms with Gasteiger partial charge in [-0.15, -0.1) is 13.2 Å². The molecule has 0 unspecified atom stereocenters. The zero-order chi connectivity index (χ0) is 27.9. The van der Waals surface area contributed by atoms with Crippen LogP contribution < -0.4 is 4.74 Å². The fourth-order valence-electron chi connectivity index (χ4n) is 6.12. The second-order valence-corrected chi connectivity index (χ2v) is 10.8. The molecule has 2 aliphatic heterocycles. The molecule has 8 nitrogen and oxygen atoms in total. The number of amides is 1. The lowest BCUT2D eigenvalue weighted by Crippen LogP contribution is -2.49. The number of aliphatic hydroxyl groups excluding tert-OH is 1. The first-order valence-electron chi connectivity index (χ1n) is 13.9. The van der Waals surface area contributed by atoms with Gasteiger partial charge in [-0.25, -0.2) is 4.98 Å². The molecule has 0 bridgehead atoms. The second-order valence-electron chi connectivity index (χ2n) is 10.8. The molecule has 1 atom stereocenters. The maximum absolute atomic E-state index is 14.2. The quantitative estimate of drug-likeness (QED) is 0.446. The first kappa shape index (κ1) is 26.8. The number of aliphatic hydroxyl groups is 1. The molecule has 0 spiro atoms. The summed E-state index contributed by atoms with van der Waals surface area (Å²) in [5, 5.41) is 9.77. The summed E-state index contributed by atoms with van der Waals surface area (Å²) in [5.41, 5.74) is 2.33. The van der Waals surface area contributed by atoms with Gasteiger partial charge in [-0.1, -0.05) is 0 Å². The molecule has 40 heavy (non-hydrogen) atoms. The van der Waals surface area contributed by atoms with E-state index in [-0.39, 0.29) is 30.3 Å². The summed E-state index contributed by atoms with van der Waals surface area (Å²) in [6, 6.07) is 9.92. The average Bonchev–Trinajstić information content (AvgIpc) is 3.54. The number of pyridine rings is 1. The van der Waals surface area contributed by atoms with E-state index in [1.165, 1.54) is 12.1 Å². The van der Waals surface area contributed by atoms with E-state index in [0.717, 1.165) is 45.1 Å². The van der Waals surface area contributed by atoms with E-state index in [1.54, 1.807) is 30.6 Å². The lowest BCUT2D eigenvalue weighted by atomic mass is 10.0. The summed E-state index contributed by atoms with van der Waals surface area (Å²) in [5.74, 6) is 0.134. The Labute approximate surface area is 230 Å². The van der Waals surface area contributed by atoms with Crippen molar-refractivity contribution in [1.29, 1.82) is 0 Å². The van der Waals surface area contributed by atoms with Crippen LogP contribution in [0.15, 0.2) is 48.8 Å². The van der Waals surface area contributed by atoms with Gasteiger partial charge in [0.1, 0.15) is 23.0 Å². The van der Waals surface area contributed by atoms with Gasteiger partial charge in [0.15, 0.2) is 0 Å². The fraction of sp³-hybridized carbons (Fsp3) is 0.483. The number of carbonyl (C=O) groups excluding carboxylic acids is 1. The summed E-state index contributed by atoms with van der Waals surface area (Å²) >= 11 is 0. The zero-order valence-electron chi connectivity index (χ0n) is 22.1. The van der Waals surface area contributed by atoms with Crippen molar-refractivity contribution < 1.29 is 27.8 Å². The minimum absolute atomic E-state index is 0.0884. The van der Waals surface area contributed by atoms with Gasteiger partial charge in [0.2, 0.25) is 0 Å². The summed E-state index contributed by atoms with van der Waals surface area (Å²) in [4.78, 5) is 27.6. The van der Waals surface area contributed by atoms with E-state index in [9.17, 15) is 23.1 Å². The highest BCUT2D eigenvalue weighted by Gasteiger charge is 2.38. The number of likely N-dealkylation sites (tertiary alicyclic amines) is 2. The first-order valence-corrected chi connectivity index (χ1v) is 13.9. The fourth-order valence-corrected chi connectivity index (χ4v) is 6.12. The van der Waals surface area contributed by atoms with E-state index in [4.69, 9.17) is 4.98 Å². The van der Waals surface area contributed by atoms with Gasteiger partial charge in [-0.05, 0) is 81.5 Å². The van der Waals surface area contributed by atoms with Crippen molar-refractivity contribution in [2.45, 2.75) is 63.0 Å². The van der Waals surface area contributed by atoms with E-state index in [2.05, 4.69) is 14.6 Å². The highest BCUT2D eigenvalue weighted by molar-refractivity contribution is 5.99. The van der Waals surface area contributed by atoms with Crippen molar-refractivity contribution >= 4 is 5.91 Å². The lowest BCUT2D eigenvalue weighted by molar-refractivity contribution is -0.274. The molecule has 2 aromatic heterocycles. The van der Waals surface area contributed by atoms with Crippen LogP contribution in [0.5, 0.6) is 5.75 Å². The van der Waals surface area contributed by atoms with E-state index < -0.39 is 6.36 Å². The summed E-state index contributed by atoms with van der Waals surface area (Å²) < 4.78 is 44.1. The van der Waals surface area contributed by atoms with Gasteiger partial charge >= 0.3 is 6.36 Å². The number of carbonyl (C=O) groups is 1. The number of aromatic nitrogens is 3. The van der Waals surface area contributed by atoms with Crippen molar-refractivity contribution in [2.75, 3.05) is 26.2 Å². The number of ether oxygens (including phenoxy) is 1. The Morgan fingerprint density at radius 2 is 1.73 bits per heavy atom. The Morgan fingerprint density at radius 3 is 2.35 bits per heavy atom. The highest BCUT2D eigenvalue weighted by Crippen LogP contribution is 2.43. The zero-order valence-corrected chi connectivity index (χ0v) is 22.1. The standard InChI is InChI=1S/C29H32F3N5O3/c30-29(31,32)40-24-9-5-19(6-10-24)27-34-25(20-3-1-13-33-17-20)26(37(27)22-7-8-22)28(39)35-15-11-21(12-16-35)36-14-2-4-23(36)18-38/h1,3,5-6,9-10,13,17,21-23,38H,2,4,7-8,11-12,14-16,18H2/t23-/m0/s1. The molecule has 1 aromatic carbocycles. The third-order valence-electron chi connectivity index (χ3n) is 8.16. The minimum atomic E-state index is -4.78. The van der Waals surface area contributed by atoms with Gasteiger partial charge in [-0.2, -0.15) is 0 Å². The molecule has 6 rings (SSSR count). The number of benzene rings is 1. The van der Waals surface area contributed by atoms with Gasteiger partial charge in [0.05, 0.1) is 6.61 Å². The number of imidazole rings is 1. The minimum Gasteiger partial charge on any atom is -0.406 e. The molecule has 3 aromatic rings. The topological polar surface area (TPSA) is 83.7 Å². The van der Waals surface area contributed by atoms with Crippen LogP contribution in [0.4, 0.5) is 13.2 Å². The molecule has 3 aliphatic rings. The molecule has 1 amide bonds. The van der Waals surface area contributed by atoms with Gasteiger partial charge in [-0.3, -0.25) is 14.7 Å². The normalized spacial score (nSPS) is 20.7. The van der Waals surface area contributed by atoms with Gasteiger partial charge in [0, 0.05) is 54.7 Å². The SMILES string of the molecule is O=C(c1c(-c2cccnc2)nc(-c2ccc(OC(F)(F)F)cc2)n1C1CC1)N1CCC(N2CCC[C@H]2CO)CC1.